The Bertz CT molecular complexity index is 915. The highest BCUT2D eigenvalue weighted by molar-refractivity contribution is 5.84. The summed E-state index contributed by atoms with van der Waals surface area (Å²) in [4.78, 5) is 18.4. The molecule has 1 fully saturated rings. The molecule has 0 spiro atoms. The molecule has 0 unspecified atom stereocenters. The number of benzene rings is 1. The van der Waals surface area contributed by atoms with E-state index in [9.17, 15) is 9.18 Å². The molecule has 1 saturated heterocycles. The van der Waals surface area contributed by atoms with Crippen molar-refractivity contribution in [2.45, 2.75) is 18.9 Å². The van der Waals surface area contributed by atoms with Crippen molar-refractivity contribution in [3.05, 3.63) is 60.9 Å². The van der Waals surface area contributed by atoms with Gasteiger partial charge in [-0.05, 0) is 42.5 Å². The van der Waals surface area contributed by atoms with Crippen LogP contribution in [0.2, 0.25) is 0 Å². The lowest BCUT2D eigenvalue weighted by molar-refractivity contribution is 0.0829. The molecule has 6 heteroatoms. The molecular formula is C20H21FN4O. The molecule has 0 bridgehead atoms. The highest BCUT2D eigenvalue weighted by Crippen LogP contribution is 2.21. The number of likely N-dealkylation sites (tertiary alicyclic amines) is 1. The summed E-state index contributed by atoms with van der Waals surface area (Å²) in [5.41, 5.74) is 1.11. The molecule has 1 aliphatic heterocycles. The fourth-order valence-corrected chi connectivity index (χ4v) is 3.44. The fraction of sp³-hybridized carbons (Fsp3) is 0.300. The third kappa shape index (κ3) is 3.75. The van der Waals surface area contributed by atoms with E-state index in [0.29, 0.717) is 12.6 Å². The number of fused-ring (bicyclic) bond motifs is 1. The topological polar surface area (TPSA) is 50.2 Å². The standard InChI is InChI=1S/C20H21FN4O/c21-17-4-10-25(13-17)20(26)14-24-8-5-18(6-9-24)23-19-2-1-16-12-22-7-3-15(16)11-19/h1-4,7,10-13,18,23H,5-6,8-9,14H2. The molecule has 26 heavy (non-hydrogen) atoms. The Kier molecular flexibility index (Phi) is 4.67. The Hall–Kier alpha value is -2.73. The van der Waals surface area contributed by atoms with Gasteiger partial charge < -0.3 is 5.32 Å². The van der Waals surface area contributed by atoms with Crippen molar-refractivity contribution in [1.29, 1.82) is 0 Å². The van der Waals surface area contributed by atoms with Crippen LogP contribution in [-0.4, -0.2) is 46.0 Å². The Labute approximate surface area is 151 Å². The lowest BCUT2D eigenvalue weighted by Gasteiger charge is -2.32. The zero-order valence-electron chi connectivity index (χ0n) is 14.4. The number of piperidine rings is 1. The van der Waals surface area contributed by atoms with Crippen molar-refractivity contribution in [1.82, 2.24) is 14.5 Å². The van der Waals surface area contributed by atoms with E-state index in [1.807, 2.05) is 12.3 Å². The van der Waals surface area contributed by atoms with Crippen LogP contribution < -0.4 is 5.32 Å². The predicted octanol–water partition coefficient (Wildman–Crippen LogP) is 3.39. The maximum Gasteiger partial charge on any atom is 0.244 e. The summed E-state index contributed by atoms with van der Waals surface area (Å²) in [5.74, 6) is -0.476. The maximum absolute atomic E-state index is 13.0. The van der Waals surface area contributed by atoms with Gasteiger partial charge in [-0.2, -0.15) is 0 Å². The van der Waals surface area contributed by atoms with E-state index >= 15 is 0 Å². The number of halogens is 1. The quantitative estimate of drug-likeness (QED) is 0.782. The van der Waals surface area contributed by atoms with E-state index in [4.69, 9.17) is 0 Å². The van der Waals surface area contributed by atoms with Crippen LogP contribution in [0.15, 0.2) is 55.1 Å². The third-order valence-corrected chi connectivity index (χ3v) is 4.90. The first-order chi connectivity index (χ1) is 12.7. The zero-order valence-corrected chi connectivity index (χ0v) is 14.4. The van der Waals surface area contributed by atoms with Gasteiger partial charge in [0.2, 0.25) is 5.91 Å². The summed E-state index contributed by atoms with van der Waals surface area (Å²) in [7, 11) is 0. The highest BCUT2D eigenvalue weighted by Gasteiger charge is 2.21. The van der Waals surface area contributed by atoms with E-state index < -0.39 is 0 Å². The average molecular weight is 352 g/mol. The molecule has 2 aromatic heterocycles. The minimum absolute atomic E-state index is 0.0940. The van der Waals surface area contributed by atoms with Crippen LogP contribution in [0.3, 0.4) is 0 Å². The minimum Gasteiger partial charge on any atom is -0.382 e. The molecule has 1 aliphatic rings. The lowest BCUT2D eigenvalue weighted by Crippen LogP contribution is -2.42. The molecule has 3 aromatic rings. The van der Waals surface area contributed by atoms with Crippen molar-refractivity contribution < 1.29 is 9.18 Å². The van der Waals surface area contributed by atoms with Crippen LogP contribution in [-0.2, 0) is 0 Å². The van der Waals surface area contributed by atoms with Crippen LogP contribution in [0, 0.1) is 5.82 Å². The summed E-state index contributed by atoms with van der Waals surface area (Å²) >= 11 is 0. The molecule has 4 rings (SSSR count). The van der Waals surface area contributed by atoms with Crippen LogP contribution in [0.4, 0.5) is 10.1 Å². The van der Waals surface area contributed by atoms with Gasteiger partial charge in [0.15, 0.2) is 0 Å². The van der Waals surface area contributed by atoms with E-state index in [-0.39, 0.29) is 11.7 Å². The molecule has 3 heterocycles. The van der Waals surface area contributed by atoms with Gasteiger partial charge in [-0.25, -0.2) is 4.39 Å². The monoisotopic (exact) mass is 352 g/mol. The molecule has 0 amide bonds. The van der Waals surface area contributed by atoms with E-state index in [1.165, 1.54) is 28.4 Å². The third-order valence-electron chi connectivity index (χ3n) is 4.90. The molecule has 1 aromatic carbocycles. The summed E-state index contributed by atoms with van der Waals surface area (Å²) < 4.78 is 14.3. The minimum atomic E-state index is -0.382. The number of anilines is 1. The SMILES string of the molecule is O=C(CN1CCC(Nc2ccc3cnccc3c2)CC1)n1ccc(F)c1. The number of rotatable bonds is 4. The molecule has 0 radical (unpaired) electrons. The Morgan fingerprint density at radius 1 is 1.19 bits per heavy atom. The molecule has 5 nitrogen and oxygen atoms in total. The van der Waals surface area contributed by atoms with Crippen LogP contribution >= 0.6 is 0 Å². The number of hydrogen-bond donors (Lipinski definition) is 1. The summed E-state index contributed by atoms with van der Waals surface area (Å²) in [6.07, 6.45) is 8.32. The second-order valence-corrected chi connectivity index (χ2v) is 6.76. The Morgan fingerprint density at radius 3 is 2.81 bits per heavy atom. The second-order valence-electron chi connectivity index (χ2n) is 6.76. The predicted molar refractivity (Wildman–Crippen MR) is 99.8 cm³/mol. The van der Waals surface area contributed by atoms with Crippen LogP contribution in [0.25, 0.3) is 10.8 Å². The molecule has 0 atom stereocenters. The average Bonchev–Trinajstić information content (AvgIpc) is 3.10. The molecule has 134 valence electrons. The van der Waals surface area contributed by atoms with Gasteiger partial charge in [0.1, 0.15) is 5.82 Å². The molecular weight excluding hydrogens is 331 g/mol. The first kappa shape index (κ1) is 16.7. The first-order valence-electron chi connectivity index (χ1n) is 8.87. The summed E-state index contributed by atoms with van der Waals surface area (Å²) in [5, 5.41) is 5.90. The number of pyridine rings is 1. The highest BCUT2D eigenvalue weighted by atomic mass is 19.1. The van der Waals surface area contributed by atoms with Gasteiger partial charge in [0.25, 0.3) is 0 Å². The molecule has 0 saturated carbocycles. The van der Waals surface area contributed by atoms with Gasteiger partial charge in [-0.3, -0.25) is 19.2 Å². The van der Waals surface area contributed by atoms with Crippen molar-refractivity contribution in [3.63, 3.8) is 0 Å². The summed E-state index contributed by atoms with van der Waals surface area (Å²) in [6.45, 7) is 2.03. The normalized spacial score (nSPS) is 16.0. The molecule has 0 aliphatic carbocycles. The van der Waals surface area contributed by atoms with Crippen molar-refractivity contribution in [2.75, 3.05) is 25.0 Å². The smallest absolute Gasteiger partial charge is 0.244 e. The number of nitrogens with zero attached hydrogens (tertiary/aromatic N) is 3. The van der Waals surface area contributed by atoms with Crippen molar-refractivity contribution in [2.24, 2.45) is 0 Å². The van der Waals surface area contributed by atoms with E-state index in [1.54, 1.807) is 6.20 Å². The Balaban J connectivity index is 1.31. The maximum atomic E-state index is 13.0. The van der Waals surface area contributed by atoms with Crippen molar-refractivity contribution in [3.8, 4) is 0 Å². The fourth-order valence-electron chi connectivity index (χ4n) is 3.44. The largest absolute Gasteiger partial charge is 0.382 e. The number of carbonyl (C=O) groups is 1. The van der Waals surface area contributed by atoms with Gasteiger partial charge in [-0.15, -0.1) is 0 Å². The number of hydrogen-bond acceptors (Lipinski definition) is 4. The first-order valence-corrected chi connectivity index (χ1v) is 8.87. The van der Waals surface area contributed by atoms with Gasteiger partial charge in [-0.1, -0.05) is 6.07 Å². The van der Waals surface area contributed by atoms with Gasteiger partial charge in [0.05, 0.1) is 6.54 Å². The van der Waals surface area contributed by atoms with Gasteiger partial charge in [0, 0.05) is 55.0 Å². The van der Waals surface area contributed by atoms with E-state index in [2.05, 4.69) is 33.4 Å². The number of aromatic nitrogens is 2. The Morgan fingerprint density at radius 2 is 2.04 bits per heavy atom. The zero-order chi connectivity index (χ0) is 17.9. The van der Waals surface area contributed by atoms with E-state index in [0.717, 1.165) is 37.0 Å². The second kappa shape index (κ2) is 7.25. The lowest BCUT2D eigenvalue weighted by atomic mass is 10.0. The van der Waals surface area contributed by atoms with Gasteiger partial charge >= 0.3 is 0 Å². The number of carbonyl (C=O) groups excluding carboxylic acids is 1. The molecule has 1 N–H and O–H groups in total. The van der Waals surface area contributed by atoms with Crippen LogP contribution in [0.1, 0.15) is 17.6 Å². The van der Waals surface area contributed by atoms with Crippen molar-refractivity contribution >= 4 is 22.4 Å². The number of nitrogens with one attached hydrogen (secondary N) is 1. The summed E-state index contributed by atoms with van der Waals surface area (Å²) in [6, 6.07) is 10.0. The van der Waals surface area contributed by atoms with Crippen LogP contribution in [0.5, 0.6) is 0 Å².